The van der Waals surface area contributed by atoms with Crippen molar-refractivity contribution >= 4 is 31.3 Å². The molecule has 0 fully saturated rings. The van der Waals surface area contributed by atoms with Gasteiger partial charge in [0.2, 0.25) is 0 Å². The predicted molar refractivity (Wildman–Crippen MR) is 55.4 cm³/mol. The highest BCUT2D eigenvalue weighted by Gasteiger charge is 2.20. The lowest BCUT2D eigenvalue weighted by Crippen LogP contribution is -1.99. The Balaban J connectivity index is 3.66. The maximum Gasteiger partial charge on any atom is 0.261 e. The van der Waals surface area contributed by atoms with Gasteiger partial charge in [-0.2, -0.15) is 5.26 Å². The Morgan fingerprint density at radius 1 is 1.47 bits per heavy atom. The molecular weight excluding hydrogens is 261 g/mol. The summed E-state index contributed by atoms with van der Waals surface area (Å²) in [5.74, 6) is -0.546. The van der Waals surface area contributed by atoms with Crippen molar-refractivity contribution in [2.75, 3.05) is 0 Å². The van der Waals surface area contributed by atoms with Crippen molar-refractivity contribution in [2.45, 2.75) is 10.8 Å². The summed E-state index contributed by atoms with van der Waals surface area (Å²) in [5.41, 5.74) is -0.166. The SMILES string of the molecule is N#Cc1c(O)ccc(S(=O)(=O)Cl)c1CCl. The summed E-state index contributed by atoms with van der Waals surface area (Å²) < 4.78 is 22.2. The summed E-state index contributed by atoms with van der Waals surface area (Å²) in [7, 11) is 1.18. The third-order valence-corrected chi connectivity index (χ3v) is 3.43. The van der Waals surface area contributed by atoms with Crippen LogP contribution in [-0.2, 0) is 14.9 Å². The first-order chi connectivity index (χ1) is 6.91. The summed E-state index contributed by atoms with van der Waals surface area (Å²) in [4.78, 5) is -0.256. The maximum atomic E-state index is 11.1. The molecule has 1 aromatic carbocycles. The molecular formula is C8H5Cl2NO3S. The van der Waals surface area contributed by atoms with E-state index in [-0.39, 0.29) is 27.7 Å². The van der Waals surface area contributed by atoms with Gasteiger partial charge in [-0.15, -0.1) is 11.6 Å². The molecule has 0 spiro atoms. The molecule has 0 unspecified atom stereocenters. The summed E-state index contributed by atoms with van der Waals surface area (Å²) >= 11 is 5.51. The number of hydrogen-bond acceptors (Lipinski definition) is 4. The van der Waals surface area contributed by atoms with Crippen LogP contribution in [0.4, 0.5) is 0 Å². The van der Waals surface area contributed by atoms with Gasteiger partial charge in [-0.3, -0.25) is 0 Å². The van der Waals surface area contributed by atoms with Crippen molar-refractivity contribution in [3.05, 3.63) is 23.3 Å². The molecule has 0 aliphatic rings. The molecule has 15 heavy (non-hydrogen) atoms. The van der Waals surface area contributed by atoms with Crippen LogP contribution in [0.25, 0.3) is 0 Å². The molecule has 0 aromatic heterocycles. The van der Waals surface area contributed by atoms with Gasteiger partial charge in [0.05, 0.1) is 16.3 Å². The average molecular weight is 266 g/mol. The van der Waals surface area contributed by atoms with Crippen LogP contribution in [0.1, 0.15) is 11.1 Å². The summed E-state index contributed by atoms with van der Waals surface area (Å²) in [6.45, 7) is 0. The quantitative estimate of drug-likeness (QED) is 0.655. The molecule has 0 saturated heterocycles. The second kappa shape index (κ2) is 4.27. The van der Waals surface area contributed by atoms with Crippen LogP contribution in [0.5, 0.6) is 5.75 Å². The number of rotatable bonds is 2. The molecule has 1 N–H and O–H groups in total. The van der Waals surface area contributed by atoms with Gasteiger partial charge in [0.15, 0.2) is 0 Å². The first-order valence-corrected chi connectivity index (χ1v) is 6.51. The minimum atomic E-state index is -3.97. The van der Waals surface area contributed by atoms with Crippen molar-refractivity contribution in [2.24, 2.45) is 0 Å². The van der Waals surface area contributed by atoms with Gasteiger partial charge in [0, 0.05) is 16.2 Å². The number of phenolic OH excluding ortho intramolecular Hbond substituents is 1. The zero-order valence-corrected chi connectivity index (χ0v) is 9.57. The molecule has 1 rings (SSSR count). The Hall–Kier alpha value is -0.960. The highest BCUT2D eigenvalue weighted by atomic mass is 35.7. The molecule has 0 heterocycles. The number of phenols is 1. The molecule has 7 heteroatoms. The molecule has 0 atom stereocenters. The second-order valence-electron chi connectivity index (χ2n) is 2.62. The third-order valence-electron chi connectivity index (χ3n) is 1.76. The van der Waals surface area contributed by atoms with Gasteiger partial charge in [0.1, 0.15) is 11.8 Å². The Bertz CT molecular complexity index is 534. The summed E-state index contributed by atoms with van der Waals surface area (Å²) in [5, 5.41) is 18.0. The maximum absolute atomic E-state index is 11.1. The molecule has 0 bridgehead atoms. The minimum Gasteiger partial charge on any atom is -0.507 e. The van der Waals surface area contributed by atoms with Crippen LogP contribution in [-0.4, -0.2) is 13.5 Å². The standard InChI is InChI=1S/C8H5Cl2NO3S/c9-3-5-6(4-11)7(12)1-2-8(5)15(10,13)14/h1-2,12H,3H2. The number of alkyl halides is 1. The van der Waals surface area contributed by atoms with E-state index in [1.807, 2.05) is 0 Å². The highest BCUT2D eigenvalue weighted by molar-refractivity contribution is 8.13. The van der Waals surface area contributed by atoms with Crippen molar-refractivity contribution in [3.8, 4) is 11.8 Å². The smallest absolute Gasteiger partial charge is 0.261 e. The van der Waals surface area contributed by atoms with Crippen molar-refractivity contribution in [1.82, 2.24) is 0 Å². The van der Waals surface area contributed by atoms with Crippen LogP contribution in [0.3, 0.4) is 0 Å². The van der Waals surface area contributed by atoms with E-state index in [9.17, 15) is 13.5 Å². The van der Waals surface area contributed by atoms with E-state index in [2.05, 4.69) is 0 Å². The lowest BCUT2D eigenvalue weighted by molar-refractivity contribution is 0.472. The second-order valence-corrected chi connectivity index (χ2v) is 5.42. The van der Waals surface area contributed by atoms with E-state index in [1.54, 1.807) is 6.07 Å². The van der Waals surface area contributed by atoms with Gasteiger partial charge < -0.3 is 5.11 Å². The molecule has 0 aliphatic heterocycles. The largest absolute Gasteiger partial charge is 0.507 e. The van der Waals surface area contributed by atoms with Gasteiger partial charge >= 0.3 is 0 Å². The number of nitrogens with zero attached hydrogens (tertiary/aromatic N) is 1. The minimum absolute atomic E-state index is 0.00849. The number of aromatic hydroxyl groups is 1. The van der Waals surface area contributed by atoms with Gasteiger partial charge in [-0.05, 0) is 12.1 Å². The molecule has 4 nitrogen and oxygen atoms in total. The van der Waals surface area contributed by atoms with Crippen LogP contribution < -0.4 is 0 Å². The van der Waals surface area contributed by atoms with E-state index >= 15 is 0 Å². The normalized spacial score (nSPS) is 11.0. The molecule has 0 amide bonds. The van der Waals surface area contributed by atoms with Crippen molar-refractivity contribution < 1.29 is 13.5 Å². The summed E-state index contributed by atoms with van der Waals surface area (Å²) in [6, 6.07) is 3.86. The lowest BCUT2D eigenvalue weighted by atomic mass is 10.1. The molecule has 0 saturated carbocycles. The van der Waals surface area contributed by atoms with Gasteiger partial charge in [-0.1, -0.05) is 0 Å². The number of halogens is 2. The molecule has 0 radical (unpaired) electrons. The van der Waals surface area contributed by atoms with E-state index in [4.69, 9.17) is 27.5 Å². The fourth-order valence-electron chi connectivity index (χ4n) is 1.10. The number of nitriles is 1. The van der Waals surface area contributed by atoms with E-state index in [1.165, 1.54) is 0 Å². The Morgan fingerprint density at radius 3 is 2.47 bits per heavy atom. The fraction of sp³-hybridized carbons (Fsp3) is 0.125. The zero-order valence-electron chi connectivity index (χ0n) is 7.24. The van der Waals surface area contributed by atoms with Gasteiger partial charge in [0.25, 0.3) is 9.05 Å². The average Bonchev–Trinajstić information content (AvgIpc) is 2.15. The molecule has 1 aromatic rings. The van der Waals surface area contributed by atoms with Crippen LogP contribution >= 0.6 is 22.3 Å². The van der Waals surface area contributed by atoms with Crippen LogP contribution in [0.2, 0.25) is 0 Å². The lowest BCUT2D eigenvalue weighted by Gasteiger charge is -2.06. The molecule has 0 aliphatic carbocycles. The van der Waals surface area contributed by atoms with Gasteiger partial charge in [-0.25, -0.2) is 8.42 Å². The van der Waals surface area contributed by atoms with Crippen LogP contribution in [0.15, 0.2) is 17.0 Å². The Morgan fingerprint density at radius 2 is 2.07 bits per heavy atom. The number of benzene rings is 1. The first-order valence-electron chi connectivity index (χ1n) is 3.67. The fourth-order valence-corrected chi connectivity index (χ4v) is 2.59. The number of hydrogen-bond donors (Lipinski definition) is 1. The van der Waals surface area contributed by atoms with Crippen LogP contribution in [0, 0.1) is 11.3 Å². The monoisotopic (exact) mass is 265 g/mol. The molecule has 80 valence electrons. The predicted octanol–water partition coefficient (Wildman–Crippen LogP) is 1.93. The Labute approximate surface area is 96.1 Å². The van der Waals surface area contributed by atoms with Crippen molar-refractivity contribution in [3.63, 3.8) is 0 Å². The first kappa shape index (κ1) is 12.1. The van der Waals surface area contributed by atoms with E-state index in [0.717, 1.165) is 12.1 Å². The van der Waals surface area contributed by atoms with Crippen molar-refractivity contribution in [1.29, 1.82) is 5.26 Å². The van der Waals surface area contributed by atoms with E-state index in [0.29, 0.717) is 0 Å². The highest BCUT2D eigenvalue weighted by Crippen LogP contribution is 2.30. The van der Waals surface area contributed by atoms with E-state index < -0.39 is 9.05 Å². The summed E-state index contributed by atoms with van der Waals surface area (Å²) in [6.07, 6.45) is 0. The topological polar surface area (TPSA) is 78.2 Å². The Kier molecular flexibility index (Phi) is 3.45. The zero-order chi connectivity index (χ0) is 11.6. The third kappa shape index (κ3) is 2.34.